The Morgan fingerprint density at radius 3 is 2.61 bits per heavy atom. The van der Waals surface area contributed by atoms with Crippen LogP contribution in [-0.4, -0.2) is 66.5 Å². The molecular formula is C22H29ClIN5O2. The number of carbonyl (C=O) groups excluding carboxylic acids is 1. The quantitative estimate of drug-likeness (QED) is 0.336. The number of nitrogens with one attached hydrogen (secondary N) is 1. The number of aromatic nitrogens is 1. The van der Waals surface area contributed by atoms with Crippen LogP contribution in [0.5, 0.6) is 5.88 Å². The van der Waals surface area contributed by atoms with Crippen LogP contribution < -0.4 is 10.1 Å². The Morgan fingerprint density at radius 1 is 1.19 bits per heavy atom. The van der Waals surface area contributed by atoms with Crippen LogP contribution >= 0.6 is 35.6 Å². The van der Waals surface area contributed by atoms with E-state index >= 15 is 0 Å². The third-order valence-corrected chi connectivity index (χ3v) is 5.19. The Kier molecular flexibility index (Phi) is 10.3. The number of ether oxygens (including phenoxy) is 1. The molecule has 1 aliphatic heterocycles. The summed E-state index contributed by atoms with van der Waals surface area (Å²) in [5, 5.41) is 4.04. The monoisotopic (exact) mass is 557 g/mol. The molecule has 3 rings (SSSR count). The van der Waals surface area contributed by atoms with Crippen LogP contribution in [0.25, 0.3) is 0 Å². The summed E-state index contributed by atoms with van der Waals surface area (Å²) in [7, 11) is 1.77. The number of nitrogens with zero attached hydrogens (tertiary/aromatic N) is 4. The number of aliphatic imine (C=N–C) groups is 1. The van der Waals surface area contributed by atoms with Gasteiger partial charge in [-0.2, -0.15) is 0 Å². The van der Waals surface area contributed by atoms with Crippen LogP contribution in [0.4, 0.5) is 0 Å². The van der Waals surface area contributed by atoms with Crippen molar-refractivity contribution < 1.29 is 9.53 Å². The van der Waals surface area contributed by atoms with Crippen LogP contribution in [0.1, 0.15) is 18.1 Å². The molecule has 0 aliphatic carbocycles. The lowest BCUT2D eigenvalue weighted by molar-refractivity contribution is -0.131. The van der Waals surface area contributed by atoms with E-state index in [4.69, 9.17) is 16.3 Å². The summed E-state index contributed by atoms with van der Waals surface area (Å²) in [6, 6.07) is 11.3. The fraction of sp³-hybridized carbons (Fsp3) is 0.409. The molecular weight excluding hydrogens is 529 g/mol. The minimum absolute atomic E-state index is 0. The maximum Gasteiger partial charge on any atom is 0.227 e. The molecule has 2 aromatic rings. The van der Waals surface area contributed by atoms with Crippen LogP contribution in [0, 0.1) is 0 Å². The van der Waals surface area contributed by atoms with Gasteiger partial charge in [-0.05, 0) is 30.7 Å². The summed E-state index contributed by atoms with van der Waals surface area (Å²) < 4.78 is 5.59. The predicted octanol–water partition coefficient (Wildman–Crippen LogP) is 3.21. The zero-order valence-electron chi connectivity index (χ0n) is 17.9. The van der Waals surface area contributed by atoms with Gasteiger partial charge >= 0.3 is 0 Å². The van der Waals surface area contributed by atoms with E-state index in [-0.39, 0.29) is 29.9 Å². The van der Waals surface area contributed by atoms with Crippen molar-refractivity contribution in [1.29, 1.82) is 0 Å². The van der Waals surface area contributed by atoms with Crippen molar-refractivity contribution in [1.82, 2.24) is 20.1 Å². The summed E-state index contributed by atoms with van der Waals surface area (Å²) >= 11 is 6.02. The molecule has 7 nitrogen and oxygen atoms in total. The number of benzene rings is 1. The first-order valence-electron chi connectivity index (χ1n) is 10.1. The lowest BCUT2D eigenvalue weighted by Gasteiger charge is -2.36. The van der Waals surface area contributed by atoms with E-state index in [0.29, 0.717) is 43.6 Å². The molecule has 168 valence electrons. The number of amides is 1. The maximum absolute atomic E-state index is 12.6. The summed E-state index contributed by atoms with van der Waals surface area (Å²) in [4.78, 5) is 25.4. The standard InChI is InChI=1S/C22H28ClN5O2.HI/c1-3-30-21-18(7-5-9-25-21)16-26-22(24-2)28-12-10-27(11-13-28)20(29)15-17-6-4-8-19(23)14-17;/h4-9,14H,3,10-13,15-16H2,1-2H3,(H,24,26);1H. The lowest BCUT2D eigenvalue weighted by Crippen LogP contribution is -2.53. The zero-order chi connectivity index (χ0) is 21.3. The SMILES string of the molecule is CCOc1ncccc1CNC(=NC)N1CCN(C(=O)Cc2cccc(Cl)c2)CC1.I. The number of pyridine rings is 1. The van der Waals surface area contributed by atoms with E-state index in [1.165, 1.54) is 0 Å². The highest BCUT2D eigenvalue weighted by Crippen LogP contribution is 2.15. The third-order valence-electron chi connectivity index (χ3n) is 4.96. The average Bonchev–Trinajstić information content (AvgIpc) is 2.76. The molecule has 1 aromatic heterocycles. The van der Waals surface area contributed by atoms with Crippen LogP contribution in [-0.2, 0) is 17.8 Å². The van der Waals surface area contributed by atoms with Gasteiger partial charge in [0, 0.05) is 56.6 Å². The van der Waals surface area contributed by atoms with Gasteiger partial charge in [-0.25, -0.2) is 4.98 Å². The molecule has 0 saturated carbocycles. The third kappa shape index (κ3) is 7.24. The summed E-state index contributed by atoms with van der Waals surface area (Å²) in [5.41, 5.74) is 1.92. The molecule has 1 amide bonds. The van der Waals surface area contributed by atoms with Crippen molar-refractivity contribution >= 4 is 47.4 Å². The normalized spacial score (nSPS) is 14.1. The van der Waals surface area contributed by atoms with E-state index in [2.05, 4.69) is 20.2 Å². The first-order valence-corrected chi connectivity index (χ1v) is 10.5. The van der Waals surface area contributed by atoms with Crippen molar-refractivity contribution in [2.75, 3.05) is 39.8 Å². The number of rotatable bonds is 6. The fourth-order valence-electron chi connectivity index (χ4n) is 3.43. The topological polar surface area (TPSA) is 70.1 Å². The zero-order valence-corrected chi connectivity index (χ0v) is 21.0. The number of halogens is 2. The van der Waals surface area contributed by atoms with Crippen molar-refractivity contribution in [2.24, 2.45) is 4.99 Å². The Balaban J connectivity index is 0.00000341. The first-order chi connectivity index (χ1) is 14.6. The minimum atomic E-state index is 0. The molecule has 9 heteroatoms. The average molecular weight is 558 g/mol. The van der Waals surface area contributed by atoms with Crippen LogP contribution in [0.2, 0.25) is 5.02 Å². The predicted molar refractivity (Wildman–Crippen MR) is 134 cm³/mol. The Bertz CT molecular complexity index is 888. The highest BCUT2D eigenvalue weighted by Gasteiger charge is 2.23. The molecule has 1 fully saturated rings. The summed E-state index contributed by atoms with van der Waals surface area (Å²) in [6.45, 7) is 5.87. The maximum atomic E-state index is 12.6. The summed E-state index contributed by atoms with van der Waals surface area (Å²) in [6.07, 6.45) is 2.09. The Morgan fingerprint density at radius 2 is 1.94 bits per heavy atom. The van der Waals surface area contributed by atoms with Gasteiger partial charge in [0.15, 0.2) is 5.96 Å². The molecule has 0 bridgehead atoms. The fourth-order valence-corrected chi connectivity index (χ4v) is 3.65. The molecule has 0 atom stereocenters. The van der Waals surface area contributed by atoms with Crippen molar-refractivity contribution in [3.63, 3.8) is 0 Å². The van der Waals surface area contributed by atoms with Crippen molar-refractivity contribution in [3.8, 4) is 5.88 Å². The molecule has 0 unspecified atom stereocenters. The van der Waals surface area contributed by atoms with Gasteiger partial charge in [0.1, 0.15) is 0 Å². The van der Waals surface area contributed by atoms with E-state index in [1.54, 1.807) is 13.2 Å². The highest BCUT2D eigenvalue weighted by molar-refractivity contribution is 14.0. The number of piperazine rings is 1. The Labute approximate surface area is 205 Å². The smallest absolute Gasteiger partial charge is 0.227 e. The van der Waals surface area contributed by atoms with Gasteiger partial charge in [-0.3, -0.25) is 9.79 Å². The van der Waals surface area contributed by atoms with Gasteiger partial charge in [0.05, 0.1) is 13.0 Å². The van der Waals surface area contributed by atoms with E-state index in [0.717, 1.165) is 30.2 Å². The van der Waals surface area contributed by atoms with Crippen LogP contribution in [0.3, 0.4) is 0 Å². The number of hydrogen-bond acceptors (Lipinski definition) is 4. The second-order valence-corrected chi connectivity index (χ2v) is 7.41. The second-order valence-electron chi connectivity index (χ2n) is 6.98. The van der Waals surface area contributed by atoms with Crippen molar-refractivity contribution in [3.05, 3.63) is 58.7 Å². The van der Waals surface area contributed by atoms with E-state index < -0.39 is 0 Å². The largest absolute Gasteiger partial charge is 0.478 e. The van der Waals surface area contributed by atoms with E-state index in [9.17, 15) is 4.79 Å². The number of carbonyl (C=O) groups is 1. The van der Waals surface area contributed by atoms with Gasteiger partial charge in [-0.15, -0.1) is 24.0 Å². The van der Waals surface area contributed by atoms with Crippen molar-refractivity contribution in [2.45, 2.75) is 19.9 Å². The molecule has 1 saturated heterocycles. The lowest BCUT2D eigenvalue weighted by atomic mass is 10.1. The second kappa shape index (κ2) is 12.7. The molecule has 31 heavy (non-hydrogen) atoms. The van der Waals surface area contributed by atoms with Crippen LogP contribution in [0.15, 0.2) is 47.6 Å². The molecule has 2 heterocycles. The molecule has 0 spiro atoms. The molecule has 0 radical (unpaired) electrons. The number of guanidine groups is 1. The molecule has 1 aromatic carbocycles. The van der Waals surface area contributed by atoms with Gasteiger partial charge in [-0.1, -0.05) is 29.8 Å². The Hall–Kier alpha value is -2.07. The van der Waals surface area contributed by atoms with E-state index in [1.807, 2.05) is 48.2 Å². The van der Waals surface area contributed by atoms with Gasteiger partial charge in [0.2, 0.25) is 11.8 Å². The molecule has 1 N–H and O–H groups in total. The first kappa shape index (κ1) is 25.2. The van der Waals surface area contributed by atoms with Gasteiger partial charge in [0.25, 0.3) is 0 Å². The van der Waals surface area contributed by atoms with Gasteiger partial charge < -0.3 is 19.9 Å². The highest BCUT2D eigenvalue weighted by atomic mass is 127. The minimum Gasteiger partial charge on any atom is -0.478 e. The summed E-state index contributed by atoms with van der Waals surface area (Å²) in [5.74, 6) is 1.57. The molecule has 1 aliphatic rings. The number of hydrogen-bond donors (Lipinski definition) is 1.